The number of aryl methyl sites for hydroxylation is 3. The molecule has 3 rings (SSSR count). The minimum atomic E-state index is -1.17. The van der Waals surface area contributed by atoms with E-state index in [9.17, 15) is 9.90 Å². The number of aromatic amines is 1. The van der Waals surface area contributed by atoms with Gasteiger partial charge < -0.3 is 19.8 Å². The van der Waals surface area contributed by atoms with Crippen LogP contribution in [0.25, 0.3) is 10.9 Å². The molecule has 5 nitrogen and oxygen atoms in total. The molecule has 0 aliphatic rings. The first kappa shape index (κ1) is 17.3. The van der Waals surface area contributed by atoms with E-state index in [-0.39, 0.29) is 18.9 Å². The summed E-state index contributed by atoms with van der Waals surface area (Å²) in [6.07, 6.45) is 0.273. The van der Waals surface area contributed by atoms with Gasteiger partial charge in [-0.15, -0.1) is 0 Å². The monoisotopic (exact) mass is 340 g/mol. The number of nitrogens with one attached hydrogen (secondary N) is 2. The second-order valence-electron chi connectivity index (χ2n) is 6.83. The van der Waals surface area contributed by atoms with Gasteiger partial charge in [-0.2, -0.15) is 0 Å². The van der Waals surface area contributed by atoms with Gasteiger partial charge in [-0.25, -0.2) is 0 Å². The van der Waals surface area contributed by atoms with E-state index in [2.05, 4.69) is 10.3 Å². The third-order valence-corrected chi connectivity index (χ3v) is 4.62. The number of aromatic nitrogens is 1. The Morgan fingerprint density at radius 3 is 2.68 bits per heavy atom. The predicted octanol–water partition coefficient (Wildman–Crippen LogP) is 3.25. The fourth-order valence-electron chi connectivity index (χ4n) is 3.32. The zero-order valence-electron chi connectivity index (χ0n) is 15.1. The molecule has 0 bridgehead atoms. The number of rotatable bonds is 5. The predicted molar refractivity (Wildman–Crippen MR) is 97.5 cm³/mol. The van der Waals surface area contributed by atoms with Gasteiger partial charge in [0.05, 0.1) is 13.0 Å². The second-order valence-corrected chi connectivity index (χ2v) is 6.83. The van der Waals surface area contributed by atoms with Gasteiger partial charge in [0.25, 0.3) is 0 Å². The molecule has 3 N–H and O–H groups in total. The number of carbonyl (C=O) groups is 1. The van der Waals surface area contributed by atoms with Crippen LogP contribution in [0.1, 0.15) is 35.3 Å². The van der Waals surface area contributed by atoms with E-state index in [1.165, 1.54) is 0 Å². The van der Waals surface area contributed by atoms with Crippen LogP contribution in [0.4, 0.5) is 0 Å². The molecule has 2 heterocycles. The van der Waals surface area contributed by atoms with Crippen molar-refractivity contribution in [3.8, 4) is 0 Å². The second kappa shape index (κ2) is 6.41. The third-order valence-electron chi connectivity index (χ3n) is 4.62. The van der Waals surface area contributed by atoms with Crippen molar-refractivity contribution < 1.29 is 14.3 Å². The molecule has 25 heavy (non-hydrogen) atoms. The van der Waals surface area contributed by atoms with Crippen LogP contribution < -0.4 is 5.32 Å². The van der Waals surface area contributed by atoms with Gasteiger partial charge in [-0.3, -0.25) is 4.79 Å². The molecule has 0 saturated heterocycles. The summed E-state index contributed by atoms with van der Waals surface area (Å²) in [6.45, 7) is 7.43. The lowest BCUT2D eigenvalue weighted by Gasteiger charge is -2.23. The summed E-state index contributed by atoms with van der Waals surface area (Å²) in [5, 5.41) is 14.6. The molecule has 0 aliphatic heterocycles. The number of carbonyl (C=O) groups excluding carboxylic acids is 1. The summed E-state index contributed by atoms with van der Waals surface area (Å²) < 4.78 is 5.48. The summed E-state index contributed by atoms with van der Waals surface area (Å²) in [6, 6.07) is 9.75. The van der Waals surface area contributed by atoms with Crippen LogP contribution in [0.3, 0.4) is 0 Å². The Labute approximate surface area is 147 Å². The Bertz CT molecular complexity index is 918. The SMILES string of the molecule is Cc1cc(C(C)(O)CNC(=O)Cc2c(C)[nH]c3ccccc23)c(C)o1. The highest BCUT2D eigenvalue weighted by Crippen LogP contribution is 2.26. The van der Waals surface area contributed by atoms with Crippen LogP contribution in [0.15, 0.2) is 34.7 Å². The highest BCUT2D eigenvalue weighted by atomic mass is 16.3. The van der Waals surface area contributed by atoms with Crippen molar-refractivity contribution in [2.24, 2.45) is 0 Å². The molecule has 0 spiro atoms. The number of benzene rings is 1. The van der Waals surface area contributed by atoms with Crippen LogP contribution in [0.5, 0.6) is 0 Å². The molecule has 0 radical (unpaired) electrons. The Hall–Kier alpha value is -2.53. The molecule has 3 aromatic rings. The first-order chi connectivity index (χ1) is 11.8. The number of furan rings is 1. The number of hydrogen-bond acceptors (Lipinski definition) is 3. The number of amides is 1. The zero-order valence-corrected chi connectivity index (χ0v) is 15.1. The first-order valence-electron chi connectivity index (χ1n) is 8.40. The molecule has 0 aliphatic carbocycles. The summed E-state index contributed by atoms with van der Waals surface area (Å²) in [7, 11) is 0. The largest absolute Gasteiger partial charge is 0.466 e. The van der Waals surface area contributed by atoms with E-state index in [0.29, 0.717) is 11.3 Å². The maximum absolute atomic E-state index is 12.4. The molecular weight excluding hydrogens is 316 g/mol. The van der Waals surface area contributed by atoms with E-state index in [4.69, 9.17) is 4.42 Å². The summed E-state index contributed by atoms with van der Waals surface area (Å²) in [5.41, 5.74) is 2.53. The van der Waals surface area contributed by atoms with Crippen molar-refractivity contribution in [2.45, 2.75) is 39.7 Å². The van der Waals surface area contributed by atoms with Crippen molar-refractivity contribution >= 4 is 16.8 Å². The van der Waals surface area contributed by atoms with Gasteiger partial charge in [0.2, 0.25) is 5.91 Å². The van der Waals surface area contributed by atoms with Crippen molar-refractivity contribution in [2.75, 3.05) is 6.54 Å². The molecule has 1 atom stereocenters. The number of H-pyrrole nitrogens is 1. The number of aliphatic hydroxyl groups is 1. The van der Waals surface area contributed by atoms with E-state index in [1.807, 2.05) is 51.1 Å². The summed E-state index contributed by atoms with van der Waals surface area (Å²) >= 11 is 0. The summed E-state index contributed by atoms with van der Waals surface area (Å²) in [4.78, 5) is 15.7. The first-order valence-corrected chi connectivity index (χ1v) is 8.40. The van der Waals surface area contributed by atoms with E-state index in [1.54, 1.807) is 6.92 Å². The van der Waals surface area contributed by atoms with Crippen LogP contribution in [0.2, 0.25) is 0 Å². The Morgan fingerprint density at radius 1 is 1.28 bits per heavy atom. The smallest absolute Gasteiger partial charge is 0.224 e. The topological polar surface area (TPSA) is 78.3 Å². The van der Waals surface area contributed by atoms with Crippen molar-refractivity contribution in [3.05, 3.63) is 58.7 Å². The van der Waals surface area contributed by atoms with Crippen molar-refractivity contribution in [1.29, 1.82) is 0 Å². The van der Waals surface area contributed by atoms with Gasteiger partial charge in [-0.1, -0.05) is 18.2 Å². The fraction of sp³-hybridized carbons (Fsp3) is 0.350. The summed E-state index contributed by atoms with van der Waals surface area (Å²) in [5.74, 6) is 1.30. The standard InChI is InChI=1S/C20H24N2O3/c1-12-9-17(14(3)25-12)20(4,24)11-21-19(23)10-16-13(2)22-18-8-6-5-7-15(16)18/h5-9,22,24H,10-11H2,1-4H3,(H,21,23). The zero-order chi connectivity index (χ0) is 18.2. The number of para-hydroxylation sites is 1. The highest BCUT2D eigenvalue weighted by Gasteiger charge is 2.28. The maximum atomic E-state index is 12.4. The lowest BCUT2D eigenvalue weighted by atomic mass is 9.96. The third kappa shape index (κ3) is 3.46. The highest BCUT2D eigenvalue weighted by molar-refractivity contribution is 5.90. The maximum Gasteiger partial charge on any atom is 0.224 e. The van der Waals surface area contributed by atoms with Gasteiger partial charge in [0.15, 0.2) is 0 Å². The normalized spacial score (nSPS) is 13.8. The molecular formula is C20H24N2O3. The number of fused-ring (bicyclic) bond motifs is 1. The van der Waals surface area contributed by atoms with E-state index in [0.717, 1.165) is 27.9 Å². The molecule has 0 saturated carbocycles. The molecule has 1 aromatic carbocycles. The lowest BCUT2D eigenvalue weighted by Crippen LogP contribution is -2.39. The van der Waals surface area contributed by atoms with Crippen LogP contribution >= 0.6 is 0 Å². The van der Waals surface area contributed by atoms with E-state index < -0.39 is 5.60 Å². The average molecular weight is 340 g/mol. The molecule has 1 unspecified atom stereocenters. The molecule has 0 fully saturated rings. The quantitative estimate of drug-likeness (QED) is 0.667. The van der Waals surface area contributed by atoms with Crippen LogP contribution in [-0.2, 0) is 16.8 Å². The van der Waals surface area contributed by atoms with Gasteiger partial charge >= 0.3 is 0 Å². The molecule has 1 amide bonds. The van der Waals surface area contributed by atoms with E-state index >= 15 is 0 Å². The van der Waals surface area contributed by atoms with Gasteiger partial charge in [-0.05, 0) is 45.4 Å². The fourth-order valence-corrected chi connectivity index (χ4v) is 3.32. The lowest BCUT2D eigenvalue weighted by molar-refractivity contribution is -0.121. The number of hydrogen-bond donors (Lipinski definition) is 3. The van der Waals surface area contributed by atoms with Gasteiger partial charge in [0, 0.05) is 22.2 Å². The molecule has 2 aromatic heterocycles. The Morgan fingerprint density at radius 2 is 2.00 bits per heavy atom. The van der Waals surface area contributed by atoms with Crippen LogP contribution in [0, 0.1) is 20.8 Å². The van der Waals surface area contributed by atoms with Crippen molar-refractivity contribution in [1.82, 2.24) is 10.3 Å². The Kier molecular flexibility index (Phi) is 4.43. The Balaban J connectivity index is 1.70. The molecule has 132 valence electrons. The van der Waals surface area contributed by atoms with Crippen LogP contribution in [-0.4, -0.2) is 22.5 Å². The minimum absolute atomic E-state index is 0.119. The minimum Gasteiger partial charge on any atom is -0.466 e. The molecule has 5 heteroatoms. The van der Waals surface area contributed by atoms with Crippen molar-refractivity contribution in [3.63, 3.8) is 0 Å². The average Bonchev–Trinajstić information content (AvgIpc) is 3.05. The van der Waals surface area contributed by atoms with Gasteiger partial charge in [0.1, 0.15) is 17.1 Å².